The van der Waals surface area contributed by atoms with E-state index in [2.05, 4.69) is 4.74 Å². The van der Waals surface area contributed by atoms with Crippen LogP contribution in [0, 0.1) is 0 Å². The molecule has 0 atom stereocenters. The van der Waals surface area contributed by atoms with Crippen LogP contribution in [0.4, 0.5) is 4.79 Å². The Morgan fingerprint density at radius 3 is 2.29 bits per heavy atom. The molecule has 0 aliphatic heterocycles. The third-order valence-corrected chi connectivity index (χ3v) is 0.367. The fourth-order valence-corrected chi connectivity index (χ4v) is 0.223. The van der Waals surface area contributed by atoms with E-state index >= 15 is 0 Å². The Morgan fingerprint density at radius 2 is 2.29 bits per heavy atom. The molecule has 0 radical (unpaired) electrons. The van der Waals surface area contributed by atoms with Crippen molar-refractivity contribution < 1.29 is 9.53 Å². The average molecular weight is 125 g/mol. The second kappa shape index (κ2) is 5.76. The Kier molecular flexibility index (Phi) is 8.15. The molecule has 0 aliphatic rings. The number of ether oxygens (including phenoxy) is 1. The monoisotopic (exact) mass is 124 g/mol. The zero-order chi connectivity index (χ0) is 4.99. The molecule has 0 N–H and O–H groups in total. The minimum atomic E-state index is -0.738. The smallest absolute Gasteiger partial charge is 0.403 e. The highest BCUT2D eigenvalue weighted by atomic mass is 35.5. The number of carbonyl (C=O) groups is 1. The van der Waals surface area contributed by atoms with Gasteiger partial charge in [-0.05, 0) is 6.92 Å². The second-order valence-corrected chi connectivity index (χ2v) is 0.979. The number of halogens is 1. The Morgan fingerprint density at radius 1 is 1.86 bits per heavy atom. The van der Waals surface area contributed by atoms with E-state index in [1.165, 1.54) is 0 Å². The maximum Gasteiger partial charge on any atom is 0.403 e. The Balaban J connectivity index is 0. The van der Waals surface area contributed by atoms with Gasteiger partial charge in [0, 0.05) is 11.6 Å². The van der Waals surface area contributed by atoms with Crippen molar-refractivity contribution in [3.05, 3.63) is 0 Å². The normalized spacial score (nSPS) is 6.57. The summed E-state index contributed by atoms with van der Waals surface area (Å²) in [5, 5.41) is 0. The minimum absolute atomic E-state index is 0. The van der Waals surface area contributed by atoms with E-state index in [1.54, 1.807) is 6.92 Å². The van der Waals surface area contributed by atoms with E-state index in [-0.39, 0.29) is 7.43 Å². The van der Waals surface area contributed by atoms with Crippen LogP contribution in [0.2, 0.25) is 0 Å². The van der Waals surface area contributed by atoms with Crippen LogP contribution in [-0.2, 0) is 4.74 Å². The molecule has 0 spiro atoms. The van der Waals surface area contributed by atoms with Gasteiger partial charge in [-0.3, -0.25) is 0 Å². The lowest BCUT2D eigenvalue weighted by molar-refractivity contribution is 0.180. The van der Waals surface area contributed by atoms with Crippen LogP contribution in [0.3, 0.4) is 0 Å². The third-order valence-electron chi connectivity index (χ3n) is 0.258. The first-order valence-corrected chi connectivity index (χ1v) is 1.97. The van der Waals surface area contributed by atoms with Crippen molar-refractivity contribution in [2.24, 2.45) is 0 Å². The first-order valence-electron chi connectivity index (χ1n) is 1.59. The molecule has 0 fully saturated rings. The number of hydrogen-bond donors (Lipinski definition) is 0. The SMILES string of the molecule is C.CCOC(=O)Cl. The van der Waals surface area contributed by atoms with Crippen LogP contribution in [-0.4, -0.2) is 12.0 Å². The predicted molar refractivity (Wildman–Crippen MR) is 29.6 cm³/mol. The van der Waals surface area contributed by atoms with Gasteiger partial charge >= 0.3 is 5.43 Å². The highest BCUT2D eigenvalue weighted by Crippen LogP contribution is 1.82. The van der Waals surface area contributed by atoms with Gasteiger partial charge in [0.1, 0.15) is 0 Å². The molecule has 0 aromatic carbocycles. The van der Waals surface area contributed by atoms with Gasteiger partial charge in [-0.15, -0.1) is 0 Å². The zero-order valence-electron chi connectivity index (χ0n) is 3.40. The zero-order valence-corrected chi connectivity index (χ0v) is 4.16. The lowest BCUT2D eigenvalue weighted by atomic mass is 10.9. The quantitative estimate of drug-likeness (QED) is 0.500. The van der Waals surface area contributed by atoms with Gasteiger partial charge < -0.3 is 4.74 Å². The molecule has 7 heavy (non-hydrogen) atoms. The van der Waals surface area contributed by atoms with Gasteiger partial charge in [0.25, 0.3) is 0 Å². The van der Waals surface area contributed by atoms with Crippen molar-refractivity contribution in [3.8, 4) is 0 Å². The van der Waals surface area contributed by atoms with Gasteiger partial charge in [-0.25, -0.2) is 4.79 Å². The topological polar surface area (TPSA) is 26.3 Å². The molecule has 0 amide bonds. The van der Waals surface area contributed by atoms with Crippen LogP contribution in [0.5, 0.6) is 0 Å². The fraction of sp³-hybridized carbons (Fsp3) is 0.750. The second-order valence-electron chi connectivity index (χ2n) is 0.671. The van der Waals surface area contributed by atoms with Gasteiger partial charge in [0.05, 0.1) is 6.61 Å². The standard InChI is InChI=1S/C3H5ClO2.CH4/c1-2-6-3(4)5;/h2H2,1H3;1H4. The van der Waals surface area contributed by atoms with E-state index in [4.69, 9.17) is 11.6 Å². The predicted octanol–water partition coefficient (Wildman–Crippen LogP) is 2.02. The molecule has 0 saturated carbocycles. The molecule has 0 bridgehead atoms. The summed E-state index contributed by atoms with van der Waals surface area (Å²) >= 11 is 4.72. The van der Waals surface area contributed by atoms with Gasteiger partial charge in [0.2, 0.25) is 0 Å². The first kappa shape index (κ1) is 9.90. The van der Waals surface area contributed by atoms with Crippen LogP contribution < -0.4 is 0 Å². The molecule has 0 saturated heterocycles. The summed E-state index contributed by atoms with van der Waals surface area (Å²) < 4.78 is 4.17. The molecule has 3 heteroatoms. The molecular weight excluding hydrogens is 115 g/mol. The Labute approximate surface area is 48.4 Å². The molecule has 0 unspecified atom stereocenters. The van der Waals surface area contributed by atoms with Crippen molar-refractivity contribution in [1.82, 2.24) is 0 Å². The van der Waals surface area contributed by atoms with E-state index in [0.717, 1.165) is 0 Å². The van der Waals surface area contributed by atoms with Crippen LogP contribution in [0.25, 0.3) is 0 Å². The summed E-state index contributed by atoms with van der Waals surface area (Å²) in [6, 6.07) is 0. The van der Waals surface area contributed by atoms with Crippen molar-refractivity contribution in [2.45, 2.75) is 14.4 Å². The summed E-state index contributed by atoms with van der Waals surface area (Å²) in [5.74, 6) is 0. The van der Waals surface area contributed by atoms with Crippen molar-refractivity contribution >= 4 is 17.0 Å². The van der Waals surface area contributed by atoms with Gasteiger partial charge in [0.15, 0.2) is 0 Å². The molecular formula is C4H9ClO2. The molecule has 0 rings (SSSR count). The maximum atomic E-state index is 9.59. The van der Waals surface area contributed by atoms with E-state index in [0.29, 0.717) is 6.61 Å². The molecule has 0 aliphatic carbocycles. The van der Waals surface area contributed by atoms with E-state index < -0.39 is 5.43 Å². The Bertz CT molecular complexity index is 53.7. The average Bonchev–Trinajstić information content (AvgIpc) is 1.35. The summed E-state index contributed by atoms with van der Waals surface area (Å²) in [6.45, 7) is 2.04. The number of rotatable bonds is 1. The summed E-state index contributed by atoms with van der Waals surface area (Å²) in [6.07, 6.45) is 0. The first-order chi connectivity index (χ1) is 2.77. The lowest BCUT2D eigenvalue weighted by Gasteiger charge is -1.86. The molecule has 2 nitrogen and oxygen atoms in total. The largest absolute Gasteiger partial charge is 0.454 e. The van der Waals surface area contributed by atoms with Crippen molar-refractivity contribution in [2.75, 3.05) is 6.61 Å². The molecule has 44 valence electrons. The number of carbonyl (C=O) groups excluding carboxylic acids is 1. The molecule has 0 aromatic rings. The van der Waals surface area contributed by atoms with E-state index in [9.17, 15) is 4.79 Å². The van der Waals surface area contributed by atoms with E-state index in [1.807, 2.05) is 0 Å². The number of hydrogen-bond acceptors (Lipinski definition) is 2. The highest BCUT2D eigenvalue weighted by Gasteiger charge is 1.85. The maximum absolute atomic E-state index is 9.59. The summed E-state index contributed by atoms with van der Waals surface area (Å²) in [4.78, 5) is 9.59. The third kappa shape index (κ3) is 10.7. The highest BCUT2D eigenvalue weighted by molar-refractivity contribution is 6.61. The Hall–Kier alpha value is -0.240. The minimum Gasteiger partial charge on any atom is -0.454 e. The lowest BCUT2D eigenvalue weighted by Crippen LogP contribution is -1.89. The van der Waals surface area contributed by atoms with Crippen LogP contribution >= 0.6 is 11.6 Å². The summed E-state index contributed by atoms with van der Waals surface area (Å²) in [7, 11) is 0. The summed E-state index contributed by atoms with van der Waals surface area (Å²) in [5.41, 5.74) is -0.738. The molecule has 0 aromatic heterocycles. The fourth-order valence-electron chi connectivity index (χ4n) is 0.113. The van der Waals surface area contributed by atoms with Gasteiger partial charge in [-0.2, -0.15) is 0 Å². The van der Waals surface area contributed by atoms with Crippen molar-refractivity contribution in [1.29, 1.82) is 0 Å². The van der Waals surface area contributed by atoms with Gasteiger partial charge in [-0.1, -0.05) is 7.43 Å². The molecule has 0 heterocycles. The van der Waals surface area contributed by atoms with Crippen LogP contribution in [0.15, 0.2) is 0 Å². The van der Waals surface area contributed by atoms with Crippen molar-refractivity contribution in [3.63, 3.8) is 0 Å². The van der Waals surface area contributed by atoms with Crippen LogP contribution in [0.1, 0.15) is 14.4 Å².